The quantitative estimate of drug-likeness (QED) is 0.787. The fourth-order valence-corrected chi connectivity index (χ4v) is 1.86. The topological polar surface area (TPSA) is 20.3 Å². The van der Waals surface area contributed by atoms with E-state index in [0.717, 1.165) is 12.8 Å². The predicted molar refractivity (Wildman–Crippen MR) is 67.9 cm³/mol. The van der Waals surface area contributed by atoms with Crippen molar-refractivity contribution < 1.29 is 9.18 Å². The first-order valence-electron chi connectivity index (χ1n) is 5.84. The smallest absolute Gasteiger partial charge is 0.256 e. The van der Waals surface area contributed by atoms with Gasteiger partial charge in [-0.3, -0.25) is 4.79 Å². The molecule has 1 aromatic carbocycles. The summed E-state index contributed by atoms with van der Waals surface area (Å²) in [5.41, 5.74) is 0.0550. The van der Waals surface area contributed by atoms with Crippen molar-refractivity contribution in [3.63, 3.8) is 0 Å². The number of carbonyl (C=O) groups excluding carboxylic acids is 1. The lowest BCUT2D eigenvalue weighted by Crippen LogP contribution is -2.33. The van der Waals surface area contributed by atoms with Crippen LogP contribution in [-0.2, 0) is 0 Å². The van der Waals surface area contributed by atoms with Crippen LogP contribution in [0.2, 0.25) is 5.02 Å². The molecule has 1 rings (SSSR count). The van der Waals surface area contributed by atoms with Gasteiger partial charge in [-0.1, -0.05) is 25.4 Å². The maximum Gasteiger partial charge on any atom is 0.256 e. The van der Waals surface area contributed by atoms with E-state index < -0.39 is 5.82 Å². The molecule has 0 aliphatic rings. The lowest BCUT2D eigenvalue weighted by molar-refractivity contribution is 0.0751. The Balaban J connectivity index is 2.95. The highest BCUT2D eigenvalue weighted by Gasteiger charge is 2.18. The van der Waals surface area contributed by atoms with E-state index in [1.54, 1.807) is 4.90 Å². The van der Waals surface area contributed by atoms with Crippen molar-refractivity contribution in [2.75, 3.05) is 13.1 Å². The van der Waals surface area contributed by atoms with E-state index in [1.165, 1.54) is 18.2 Å². The Labute approximate surface area is 106 Å². The Kier molecular flexibility index (Phi) is 5.42. The molecule has 0 saturated carbocycles. The number of hydrogen-bond donors (Lipinski definition) is 0. The number of nitrogens with zero attached hydrogens (tertiary/aromatic N) is 1. The zero-order chi connectivity index (χ0) is 12.8. The second-order valence-corrected chi connectivity index (χ2v) is 4.35. The SMILES string of the molecule is CCCN(CCC)C(=O)c1cc(Cl)ccc1F. The summed E-state index contributed by atoms with van der Waals surface area (Å²) in [5, 5.41) is 0.377. The largest absolute Gasteiger partial charge is 0.339 e. The molecule has 0 N–H and O–H groups in total. The van der Waals surface area contributed by atoms with Gasteiger partial charge in [-0.2, -0.15) is 0 Å². The van der Waals surface area contributed by atoms with Gasteiger partial charge in [-0.05, 0) is 31.0 Å². The fraction of sp³-hybridized carbons (Fsp3) is 0.462. The van der Waals surface area contributed by atoms with Gasteiger partial charge in [0.05, 0.1) is 5.56 Å². The molecule has 0 fully saturated rings. The number of amides is 1. The van der Waals surface area contributed by atoms with Crippen LogP contribution in [0.25, 0.3) is 0 Å². The minimum absolute atomic E-state index is 0.0550. The highest BCUT2D eigenvalue weighted by molar-refractivity contribution is 6.30. The van der Waals surface area contributed by atoms with Crippen LogP contribution < -0.4 is 0 Å². The molecule has 0 heterocycles. The first kappa shape index (κ1) is 14.0. The van der Waals surface area contributed by atoms with Crippen LogP contribution in [0, 0.1) is 5.82 Å². The number of hydrogen-bond acceptors (Lipinski definition) is 1. The summed E-state index contributed by atoms with van der Waals surface area (Å²) in [6.07, 6.45) is 1.71. The summed E-state index contributed by atoms with van der Waals surface area (Å²) in [7, 11) is 0. The van der Waals surface area contributed by atoms with Crippen LogP contribution in [0.15, 0.2) is 18.2 Å². The van der Waals surface area contributed by atoms with E-state index in [4.69, 9.17) is 11.6 Å². The van der Waals surface area contributed by atoms with Gasteiger partial charge in [0.2, 0.25) is 0 Å². The third-order valence-electron chi connectivity index (χ3n) is 2.43. The molecular weight excluding hydrogens is 241 g/mol. The molecule has 0 atom stereocenters. The van der Waals surface area contributed by atoms with E-state index in [0.29, 0.717) is 18.1 Å². The summed E-state index contributed by atoms with van der Waals surface area (Å²) in [6.45, 7) is 5.26. The molecular formula is C13H17ClFNO. The van der Waals surface area contributed by atoms with E-state index in [9.17, 15) is 9.18 Å². The Morgan fingerprint density at radius 3 is 2.41 bits per heavy atom. The average molecular weight is 258 g/mol. The van der Waals surface area contributed by atoms with Crippen LogP contribution in [0.1, 0.15) is 37.0 Å². The van der Waals surface area contributed by atoms with Crippen LogP contribution in [0.5, 0.6) is 0 Å². The molecule has 0 bridgehead atoms. The summed E-state index contributed by atoms with van der Waals surface area (Å²) in [4.78, 5) is 13.8. The Morgan fingerprint density at radius 1 is 1.29 bits per heavy atom. The molecule has 0 unspecified atom stereocenters. The van der Waals surface area contributed by atoms with E-state index in [2.05, 4.69) is 0 Å². The van der Waals surface area contributed by atoms with Gasteiger partial charge in [0.1, 0.15) is 5.82 Å². The number of rotatable bonds is 5. The standard InChI is InChI=1S/C13H17ClFNO/c1-3-7-16(8-4-2)13(17)11-9-10(14)5-6-12(11)15/h5-6,9H,3-4,7-8H2,1-2H3. The summed E-state index contributed by atoms with van der Waals surface area (Å²) < 4.78 is 13.6. The van der Waals surface area contributed by atoms with Crippen molar-refractivity contribution >= 4 is 17.5 Å². The Morgan fingerprint density at radius 2 is 1.88 bits per heavy atom. The first-order chi connectivity index (χ1) is 8.10. The maximum atomic E-state index is 13.6. The molecule has 4 heteroatoms. The number of benzene rings is 1. The van der Waals surface area contributed by atoms with Crippen molar-refractivity contribution in [3.8, 4) is 0 Å². The van der Waals surface area contributed by atoms with E-state index in [-0.39, 0.29) is 11.5 Å². The Hall–Kier alpha value is -1.09. The lowest BCUT2D eigenvalue weighted by atomic mass is 10.1. The monoisotopic (exact) mass is 257 g/mol. The molecule has 0 radical (unpaired) electrons. The van der Waals surface area contributed by atoms with Crippen LogP contribution in [0.3, 0.4) is 0 Å². The van der Waals surface area contributed by atoms with Crippen molar-refractivity contribution in [3.05, 3.63) is 34.6 Å². The maximum absolute atomic E-state index is 13.6. The van der Waals surface area contributed by atoms with E-state index >= 15 is 0 Å². The average Bonchev–Trinajstić information content (AvgIpc) is 2.31. The third-order valence-corrected chi connectivity index (χ3v) is 2.67. The normalized spacial score (nSPS) is 10.4. The Bertz CT molecular complexity index is 389. The molecule has 0 aliphatic heterocycles. The molecule has 0 saturated heterocycles. The number of carbonyl (C=O) groups is 1. The van der Waals surface area contributed by atoms with Crippen molar-refractivity contribution in [1.29, 1.82) is 0 Å². The molecule has 1 amide bonds. The van der Waals surface area contributed by atoms with Gasteiger partial charge >= 0.3 is 0 Å². The van der Waals surface area contributed by atoms with Gasteiger partial charge in [0, 0.05) is 18.1 Å². The third kappa shape index (κ3) is 3.70. The zero-order valence-electron chi connectivity index (χ0n) is 10.2. The highest BCUT2D eigenvalue weighted by Crippen LogP contribution is 2.17. The van der Waals surface area contributed by atoms with Crippen molar-refractivity contribution in [1.82, 2.24) is 4.90 Å². The summed E-state index contributed by atoms with van der Waals surface area (Å²) >= 11 is 5.78. The molecule has 94 valence electrons. The molecule has 1 aromatic rings. The van der Waals surface area contributed by atoms with Gasteiger partial charge in [-0.15, -0.1) is 0 Å². The molecule has 17 heavy (non-hydrogen) atoms. The van der Waals surface area contributed by atoms with Gasteiger partial charge < -0.3 is 4.90 Å². The predicted octanol–water partition coefficient (Wildman–Crippen LogP) is 3.74. The number of halogens is 2. The highest BCUT2D eigenvalue weighted by atomic mass is 35.5. The van der Waals surface area contributed by atoms with Crippen LogP contribution in [-0.4, -0.2) is 23.9 Å². The minimum Gasteiger partial charge on any atom is -0.339 e. The molecule has 0 aromatic heterocycles. The van der Waals surface area contributed by atoms with E-state index in [1.807, 2.05) is 13.8 Å². The van der Waals surface area contributed by atoms with Crippen molar-refractivity contribution in [2.24, 2.45) is 0 Å². The zero-order valence-corrected chi connectivity index (χ0v) is 10.9. The fourth-order valence-electron chi connectivity index (χ4n) is 1.69. The summed E-state index contributed by atoms with van der Waals surface area (Å²) in [5.74, 6) is -0.801. The second-order valence-electron chi connectivity index (χ2n) is 3.92. The summed E-state index contributed by atoms with van der Waals surface area (Å²) in [6, 6.07) is 4.06. The molecule has 2 nitrogen and oxygen atoms in total. The van der Waals surface area contributed by atoms with Gasteiger partial charge in [0.15, 0.2) is 0 Å². The van der Waals surface area contributed by atoms with Crippen LogP contribution >= 0.6 is 11.6 Å². The van der Waals surface area contributed by atoms with Gasteiger partial charge in [-0.25, -0.2) is 4.39 Å². The van der Waals surface area contributed by atoms with Crippen molar-refractivity contribution in [2.45, 2.75) is 26.7 Å². The van der Waals surface area contributed by atoms with Gasteiger partial charge in [0.25, 0.3) is 5.91 Å². The second kappa shape index (κ2) is 6.60. The van der Waals surface area contributed by atoms with Crippen LogP contribution in [0.4, 0.5) is 4.39 Å². The molecule has 0 spiro atoms. The minimum atomic E-state index is -0.517. The first-order valence-corrected chi connectivity index (χ1v) is 6.22. The lowest BCUT2D eigenvalue weighted by Gasteiger charge is -2.21. The molecule has 0 aliphatic carbocycles.